The minimum Gasteiger partial charge on any atom is -0.303 e. The van der Waals surface area contributed by atoms with E-state index in [4.69, 9.17) is 0 Å². The summed E-state index contributed by atoms with van der Waals surface area (Å²) in [5.41, 5.74) is 1.50. The van der Waals surface area contributed by atoms with Gasteiger partial charge in [-0.25, -0.2) is 0 Å². The van der Waals surface area contributed by atoms with Crippen molar-refractivity contribution in [2.45, 2.75) is 58.3 Å². The quantitative estimate of drug-likeness (QED) is 0.517. The zero-order chi connectivity index (χ0) is 12.1. The molecule has 3 saturated carbocycles. The molecule has 94 valence electrons. The fourth-order valence-electron chi connectivity index (χ4n) is 5.17. The molecule has 0 N–H and O–H groups in total. The van der Waals surface area contributed by atoms with Crippen LogP contribution in [0.2, 0.25) is 0 Å². The standard InChI is InChI=1S/C16H24O/c1-12-13-8-9-16(10-13,11-17)15(12,2)14-6-4-3-5-7-14/h11,13-14H,1,3-10H2,2H3. The van der Waals surface area contributed by atoms with Crippen LogP contribution in [0, 0.1) is 22.7 Å². The molecule has 3 rings (SSSR count). The summed E-state index contributed by atoms with van der Waals surface area (Å²) < 4.78 is 0. The van der Waals surface area contributed by atoms with Gasteiger partial charge in [-0.3, -0.25) is 0 Å². The van der Waals surface area contributed by atoms with Crippen molar-refractivity contribution in [3.8, 4) is 0 Å². The number of carbonyl (C=O) groups is 1. The first-order valence-corrected chi connectivity index (χ1v) is 7.30. The van der Waals surface area contributed by atoms with Crippen LogP contribution in [0.4, 0.5) is 0 Å². The van der Waals surface area contributed by atoms with Gasteiger partial charge < -0.3 is 4.79 Å². The van der Waals surface area contributed by atoms with Gasteiger partial charge in [0.15, 0.2) is 0 Å². The number of hydrogen-bond donors (Lipinski definition) is 0. The van der Waals surface area contributed by atoms with Gasteiger partial charge in [0.05, 0.1) is 0 Å². The molecule has 0 aromatic carbocycles. The maximum absolute atomic E-state index is 11.7. The van der Waals surface area contributed by atoms with Crippen LogP contribution in [0.15, 0.2) is 12.2 Å². The average molecular weight is 232 g/mol. The Morgan fingerprint density at radius 1 is 1.24 bits per heavy atom. The highest BCUT2D eigenvalue weighted by Gasteiger charge is 2.63. The zero-order valence-corrected chi connectivity index (χ0v) is 11.0. The van der Waals surface area contributed by atoms with Crippen molar-refractivity contribution in [2.75, 3.05) is 0 Å². The molecule has 0 amide bonds. The van der Waals surface area contributed by atoms with Crippen molar-refractivity contribution < 1.29 is 4.79 Å². The van der Waals surface area contributed by atoms with Crippen molar-refractivity contribution in [3.05, 3.63) is 12.2 Å². The van der Waals surface area contributed by atoms with E-state index >= 15 is 0 Å². The van der Waals surface area contributed by atoms with Crippen molar-refractivity contribution >= 4 is 6.29 Å². The van der Waals surface area contributed by atoms with E-state index in [0.717, 1.165) is 18.8 Å². The van der Waals surface area contributed by atoms with Crippen molar-refractivity contribution in [1.82, 2.24) is 0 Å². The Hall–Kier alpha value is -0.590. The molecule has 2 bridgehead atoms. The predicted octanol–water partition coefficient (Wildman–Crippen LogP) is 4.13. The first kappa shape index (κ1) is 11.5. The summed E-state index contributed by atoms with van der Waals surface area (Å²) in [4.78, 5) is 11.7. The molecule has 3 unspecified atom stereocenters. The molecule has 0 radical (unpaired) electrons. The lowest BCUT2D eigenvalue weighted by atomic mass is 9.54. The molecule has 0 heterocycles. The third-order valence-electron chi connectivity index (χ3n) is 6.39. The lowest BCUT2D eigenvalue weighted by molar-refractivity contribution is -0.123. The molecule has 0 aromatic rings. The normalized spacial score (nSPS) is 46.4. The Bertz CT molecular complexity index is 353. The van der Waals surface area contributed by atoms with Crippen LogP contribution in [-0.2, 0) is 4.79 Å². The number of allylic oxidation sites excluding steroid dienone is 1. The van der Waals surface area contributed by atoms with E-state index in [1.165, 1.54) is 50.4 Å². The summed E-state index contributed by atoms with van der Waals surface area (Å²) in [6, 6.07) is 0. The summed E-state index contributed by atoms with van der Waals surface area (Å²) in [6.45, 7) is 6.76. The van der Waals surface area contributed by atoms with Gasteiger partial charge >= 0.3 is 0 Å². The fourth-order valence-corrected chi connectivity index (χ4v) is 5.17. The third kappa shape index (κ3) is 1.29. The summed E-state index contributed by atoms with van der Waals surface area (Å²) in [7, 11) is 0. The number of rotatable bonds is 2. The predicted molar refractivity (Wildman–Crippen MR) is 69.7 cm³/mol. The van der Waals surface area contributed by atoms with Crippen LogP contribution in [0.25, 0.3) is 0 Å². The first-order chi connectivity index (χ1) is 8.14. The summed E-state index contributed by atoms with van der Waals surface area (Å²) in [6.07, 6.45) is 11.5. The highest BCUT2D eigenvalue weighted by Crippen LogP contribution is 2.69. The number of fused-ring (bicyclic) bond motifs is 2. The molecule has 3 fully saturated rings. The molecule has 0 aliphatic heterocycles. The van der Waals surface area contributed by atoms with E-state index in [2.05, 4.69) is 13.5 Å². The average Bonchev–Trinajstić information content (AvgIpc) is 2.90. The number of hydrogen-bond acceptors (Lipinski definition) is 1. The van der Waals surface area contributed by atoms with Gasteiger partial charge in [0, 0.05) is 10.8 Å². The van der Waals surface area contributed by atoms with Crippen LogP contribution in [-0.4, -0.2) is 6.29 Å². The van der Waals surface area contributed by atoms with Crippen molar-refractivity contribution in [1.29, 1.82) is 0 Å². The summed E-state index contributed by atoms with van der Waals surface area (Å²) in [5, 5.41) is 0. The van der Waals surface area contributed by atoms with Crippen LogP contribution < -0.4 is 0 Å². The Labute approximate surface area is 105 Å². The second kappa shape index (κ2) is 3.70. The second-order valence-corrected chi connectivity index (χ2v) is 6.78. The fraction of sp³-hybridized carbons (Fsp3) is 0.812. The highest BCUT2D eigenvalue weighted by atomic mass is 16.1. The van der Waals surface area contributed by atoms with Gasteiger partial charge in [0.1, 0.15) is 6.29 Å². The minimum atomic E-state index is -0.0449. The van der Waals surface area contributed by atoms with Crippen molar-refractivity contribution in [3.63, 3.8) is 0 Å². The molecular formula is C16H24O. The molecule has 3 atom stereocenters. The van der Waals surface area contributed by atoms with Crippen LogP contribution >= 0.6 is 0 Å². The third-order valence-corrected chi connectivity index (χ3v) is 6.39. The van der Waals surface area contributed by atoms with Gasteiger partial charge in [-0.15, -0.1) is 0 Å². The maximum atomic E-state index is 11.7. The van der Waals surface area contributed by atoms with E-state index in [9.17, 15) is 4.79 Å². The van der Waals surface area contributed by atoms with Gasteiger partial charge in [-0.2, -0.15) is 0 Å². The van der Waals surface area contributed by atoms with Gasteiger partial charge in [-0.05, 0) is 43.9 Å². The van der Waals surface area contributed by atoms with Crippen LogP contribution in [0.1, 0.15) is 58.3 Å². The number of carbonyl (C=O) groups excluding carboxylic acids is 1. The van der Waals surface area contributed by atoms with E-state index in [-0.39, 0.29) is 10.8 Å². The molecule has 3 aliphatic rings. The lowest BCUT2D eigenvalue weighted by Gasteiger charge is -2.49. The Kier molecular flexibility index (Phi) is 2.50. The second-order valence-electron chi connectivity index (χ2n) is 6.78. The number of aldehydes is 1. The molecule has 1 nitrogen and oxygen atoms in total. The van der Waals surface area contributed by atoms with E-state index < -0.39 is 0 Å². The first-order valence-electron chi connectivity index (χ1n) is 7.30. The van der Waals surface area contributed by atoms with E-state index in [1.807, 2.05) is 0 Å². The zero-order valence-electron chi connectivity index (χ0n) is 11.0. The van der Waals surface area contributed by atoms with Crippen LogP contribution in [0.5, 0.6) is 0 Å². The Morgan fingerprint density at radius 3 is 2.59 bits per heavy atom. The Balaban J connectivity index is 1.98. The SMILES string of the molecule is C=C1C2CCC(C=O)(C2)C1(C)C1CCCCC1. The molecule has 0 spiro atoms. The van der Waals surface area contributed by atoms with E-state index in [0.29, 0.717) is 5.92 Å². The summed E-state index contributed by atoms with van der Waals surface area (Å²) >= 11 is 0. The Morgan fingerprint density at radius 2 is 1.94 bits per heavy atom. The van der Waals surface area contributed by atoms with Crippen LogP contribution in [0.3, 0.4) is 0 Å². The molecule has 17 heavy (non-hydrogen) atoms. The largest absolute Gasteiger partial charge is 0.303 e. The lowest BCUT2D eigenvalue weighted by Crippen LogP contribution is -2.44. The van der Waals surface area contributed by atoms with E-state index in [1.54, 1.807) is 0 Å². The maximum Gasteiger partial charge on any atom is 0.127 e. The highest BCUT2D eigenvalue weighted by molar-refractivity contribution is 5.66. The van der Waals surface area contributed by atoms with Gasteiger partial charge in [-0.1, -0.05) is 38.3 Å². The summed E-state index contributed by atoms with van der Waals surface area (Å²) in [5.74, 6) is 1.37. The molecule has 0 aromatic heterocycles. The van der Waals surface area contributed by atoms with Gasteiger partial charge in [0.25, 0.3) is 0 Å². The van der Waals surface area contributed by atoms with Gasteiger partial charge in [0.2, 0.25) is 0 Å². The smallest absolute Gasteiger partial charge is 0.127 e. The molecule has 0 saturated heterocycles. The molecular weight excluding hydrogens is 208 g/mol. The topological polar surface area (TPSA) is 17.1 Å². The molecule has 3 aliphatic carbocycles. The molecule has 1 heteroatoms. The monoisotopic (exact) mass is 232 g/mol. The van der Waals surface area contributed by atoms with Crippen molar-refractivity contribution in [2.24, 2.45) is 22.7 Å². The minimum absolute atomic E-state index is 0.0449.